The molecule has 0 aliphatic carbocycles. The summed E-state index contributed by atoms with van der Waals surface area (Å²) in [6.07, 6.45) is 0.236. The maximum absolute atomic E-state index is 12.4. The number of aliphatic hydroxyl groups is 1. The first kappa shape index (κ1) is 17.9. The van der Waals surface area contributed by atoms with Gasteiger partial charge in [-0.25, -0.2) is 0 Å². The van der Waals surface area contributed by atoms with Gasteiger partial charge in [-0.2, -0.15) is 0 Å². The van der Waals surface area contributed by atoms with Crippen LogP contribution < -0.4 is 11.1 Å². The maximum Gasteiger partial charge on any atom is 0.224 e. The lowest BCUT2D eigenvalue weighted by molar-refractivity contribution is -0.120. The van der Waals surface area contributed by atoms with E-state index in [0.29, 0.717) is 12.2 Å². The van der Waals surface area contributed by atoms with E-state index >= 15 is 0 Å². The van der Waals surface area contributed by atoms with E-state index in [1.54, 1.807) is 0 Å². The fourth-order valence-corrected chi connectivity index (χ4v) is 3.23. The molecule has 3 rings (SSSR count). The van der Waals surface area contributed by atoms with Crippen LogP contribution in [0.15, 0.2) is 42.5 Å². The number of amides is 1. The van der Waals surface area contributed by atoms with E-state index in [4.69, 9.17) is 5.73 Å². The lowest BCUT2D eigenvalue weighted by Gasteiger charge is -2.11. The molecule has 0 saturated carbocycles. The predicted octanol–water partition coefficient (Wildman–Crippen LogP) is 2.79. The normalized spacial score (nSPS) is 10.9. The van der Waals surface area contributed by atoms with Gasteiger partial charge in [-0.15, -0.1) is 0 Å². The minimum atomic E-state index is -0.0774. The average molecular weight is 349 g/mol. The second kappa shape index (κ2) is 7.54. The van der Waals surface area contributed by atoms with Crippen LogP contribution in [-0.4, -0.2) is 16.0 Å². The first-order valence-corrected chi connectivity index (χ1v) is 8.58. The lowest BCUT2D eigenvalue weighted by Crippen LogP contribution is -2.24. The van der Waals surface area contributed by atoms with E-state index in [9.17, 15) is 9.90 Å². The Balaban J connectivity index is 1.78. The summed E-state index contributed by atoms with van der Waals surface area (Å²) in [5.41, 5.74) is 11.9. The van der Waals surface area contributed by atoms with Crippen LogP contribution in [0, 0.1) is 13.8 Å². The monoisotopic (exact) mass is 349 g/mol. The first-order valence-electron chi connectivity index (χ1n) is 8.58. The van der Waals surface area contributed by atoms with E-state index in [-0.39, 0.29) is 18.9 Å². The third-order valence-electron chi connectivity index (χ3n) is 4.31. The second-order valence-corrected chi connectivity index (χ2v) is 6.60. The van der Waals surface area contributed by atoms with E-state index in [2.05, 4.69) is 10.3 Å². The molecular weight excluding hydrogens is 326 g/mol. The number of hydrogen-bond donors (Lipinski definition) is 3. The van der Waals surface area contributed by atoms with Gasteiger partial charge in [-0.1, -0.05) is 24.3 Å². The summed E-state index contributed by atoms with van der Waals surface area (Å²) < 4.78 is 0. The van der Waals surface area contributed by atoms with Crippen molar-refractivity contribution in [2.75, 3.05) is 5.73 Å². The van der Waals surface area contributed by atoms with Crippen LogP contribution in [-0.2, 0) is 24.4 Å². The van der Waals surface area contributed by atoms with Gasteiger partial charge in [0.25, 0.3) is 0 Å². The molecule has 1 aromatic heterocycles. The fraction of sp³-hybridized carbons (Fsp3) is 0.238. The minimum absolute atomic E-state index is 0.0513. The molecule has 26 heavy (non-hydrogen) atoms. The third kappa shape index (κ3) is 4.00. The first-order chi connectivity index (χ1) is 12.5. The minimum Gasteiger partial charge on any atom is -0.399 e. The molecule has 4 N–H and O–H groups in total. The summed E-state index contributed by atoms with van der Waals surface area (Å²) in [6, 6.07) is 13.4. The van der Waals surface area contributed by atoms with Crippen molar-refractivity contribution >= 4 is 22.5 Å². The molecule has 0 fully saturated rings. The van der Waals surface area contributed by atoms with Crippen molar-refractivity contribution in [2.24, 2.45) is 0 Å². The van der Waals surface area contributed by atoms with E-state index in [0.717, 1.165) is 38.9 Å². The molecule has 2 aromatic carbocycles. The quantitative estimate of drug-likeness (QED) is 0.618. The number of benzene rings is 2. The number of nitrogen functional groups attached to an aromatic ring is 1. The number of hydrogen-bond acceptors (Lipinski definition) is 4. The van der Waals surface area contributed by atoms with Crippen LogP contribution in [0.1, 0.15) is 27.9 Å². The molecule has 134 valence electrons. The Morgan fingerprint density at radius 2 is 1.96 bits per heavy atom. The molecule has 1 amide bonds. The summed E-state index contributed by atoms with van der Waals surface area (Å²) in [6.45, 7) is 4.25. The average Bonchev–Trinajstić information content (AvgIpc) is 2.59. The number of carbonyl (C=O) groups excluding carboxylic acids is 1. The summed E-state index contributed by atoms with van der Waals surface area (Å²) in [5.74, 6) is -0.0774. The SMILES string of the molecule is Cc1cc(N)cc(CNC(=O)Cc2cccc3c(CO)cc(C)nc23)c1. The van der Waals surface area contributed by atoms with Gasteiger partial charge in [0, 0.05) is 23.3 Å². The molecule has 0 aliphatic rings. The lowest BCUT2D eigenvalue weighted by atomic mass is 10.0. The Kier molecular flexibility index (Phi) is 5.19. The van der Waals surface area contributed by atoms with Crippen molar-refractivity contribution in [2.45, 2.75) is 33.4 Å². The van der Waals surface area contributed by atoms with Gasteiger partial charge in [0.2, 0.25) is 5.91 Å². The number of aryl methyl sites for hydroxylation is 2. The highest BCUT2D eigenvalue weighted by atomic mass is 16.3. The van der Waals surface area contributed by atoms with Gasteiger partial charge in [0.15, 0.2) is 0 Å². The van der Waals surface area contributed by atoms with Crippen molar-refractivity contribution in [3.8, 4) is 0 Å². The number of fused-ring (bicyclic) bond motifs is 1. The van der Waals surface area contributed by atoms with Crippen molar-refractivity contribution in [1.82, 2.24) is 10.3 Å². The van der Waals surface area contributed by atoms with Gasteiger partial charge in [0.1, 0.15) is 0 Å². The van der Waals surface area contributed by atoms with Crippen LogP contribution in [0.3, 0.4) is 0 Å². The largest absolute Gasteiger partial charge is 0.399 e. The van der Waals surface area contributed by atoms with Crippen molar-refractivity contribution in [1.29, 1.82) is 0 Å². The summed E-state index contributed by atoms with van der Waals surface area (Å²) in [5, 5.41) is 13.4. The van der Waals surface area contributed by atoms with Crippen LogP contribution in [0.4, 0.5) is 5.69 Å². The smallest absolute Gasteiger partial charge is 0.224 e. The third-order valence-corrected chi connectivity index (χ3v) is 4.31. The maximum atomic E-state index is 12.4. The highest BCUT2D eigenvalue weighted by Gasteiger charge is 2.11. The highest BCUT2D eigenvalue weighted by Crippen LogP contribution is 2.22. The number of nitrogens with one attached hydrogen (secondary N) is 1. The Hall–Kier alpha value is -2.92. The van der Waals surface area contributed by atoms with E-state index < -0.39 is 0 Å². The molecule has 0 saturated heterocycles. The molecule has 5 nitrogen and oxygen atoms in total. The topological polar surface area (TPSA) is 88.2 Å². The molecule has 5 heteroatoms. The number of aliphatic hydroxyl groups excluding tert-OH is 1. The summed E-state index contributed by atoms with van der Waals surface area (Å²) in [7, 11) is 0. The molecule has 0 bridgehead atoms. The molecule has 3 aromatic rings. The Bertz CT molecular complexity index is 947. The van der Waals surface area contributed by atoms with Crippen LogP contribution in [0.5, 0.6) is 0 Å². The zero-order valence-electron chi connectivity index (χ0n) is 15.0. The number of carbonyl (C=O) groups is 1. The molecule has 0 aliphatic heterocycles. The van der Waals surface area contributed by atoms with Gasteiger partial charge < -0.3 is 16.2 Å². The van der Waals surface area contributed by atoms with E-state index in [1.807, 2.05) is 56.3 Å². The molecule has 0 spiro atoms. The number of pyridine rings is 1. The fourth-order valence-electron chi connectivity index (χ4n) is 3.23. The molecular formula is C21H23N3O2. The predicted molar refractivity (Wildman–Crippen MR) is 104 cm³/mol. The second-order valence-electron chi connectivity index (χ2n) is 6.60. The molecule has 0 radical (unpaired) electrons. The standard InChI is InChI=1S/C21H23N3O2/c1-13-6-15(9-18(22)7-13)11-23-20(26)10-16-4-3-5-19-17(12-25)8-14(2)24-21(16)19/h3-9,25H,10-12,22H2,1-2H3,(H,23,26). The molecule has 0 unspecified atom stereocenters. The Morgan fingerprint density at radius 3 is 2.69 bits per heavy atom. The van der Waals surface area contributed by atoms with Gasteiger partial charge >= 0.3 is 0 Å². The summed E-state index contributed by atoms with van der Waals surface area (Å²) in [4.78, 5) is 17.0. The van der Waals surface area contributed by atoms with Crippen LogP contribution in [0.2, 0.25) is 0 Å². The Labute approximate surface area is 152 Å². The van der Waals surface area contributed by atoms with E-state index in [1.165, 1.54) is 0 Å². The zero-order valence-corrected chi connectivity index (χ0v) is 15.0. The number of aromatic nitrogens is 1. The van der Waals surface area contributed by atoms with Crippen molar-refractivity contribution < 1.29 is 9.90 Å². The van der Waals surface area contributed by atoms with Gasteiger partial charge in [-0.05, 0) is 54.3 Å². The number of anilines is 1. The van der Waals surface area contributed by atoms with Gasteiger partial charge in [0.05, 0.1) is 18.5 Å². The number of nitrogens with zero attached hydrogens (tertiary/aromatic N) is 1. The number of rotatable bonds is 5. The molecule has 1 heterocycles. The van der Waals surface area contributed by atoms with Crippen molar-refractivity contribution in [3.63, 3.8) is 0 Å². The number of nitrogens with two attached hydrogens (primary N) is 1. The highest BCUT2D eigenvalue weighted by molar-refractivity contribution is 5.89. The molecule has 0 atom stereocenters. The van der Waals surface area contributed by atoms with Gasteiger partial charge in [-0.3, -0.25) is 9.78 Å². The van der Waals surface area contributed by atoms with Crippen molar-refractivity contribution in [3.05, 3.63) is 70.4 Å². The van der Waals surface area contributed by atoms with Crippen LogP contribution >= 0.6 is 0 Å². The summed E-state index contributed by atoms with van der Waals surface area (Å²) >= 11 is 0. The van der Waals surface area contributed by atoms with Crippen LogP contribution in [0.25, 0.3) is 10.9 Å². The Morgan fingerprint density at radius 1 is 1.15 bits per heavy atom. The number of para-hydroxylation sites is 1. The zero-order chi connectivity index (χ0) is 18.7.